The number of aromatic amines is 1. The van der Waals surface area contributed by atoms with Crippen molar-refractivity contribution in [2.45, 2.75) is 44.7 Å². The molecule has 7 heteroatoms. The Labute approximate surface area is 152 Å². The summed E-state index contributed by atoms with van der Waals surface area (Å²) in [5.74, 6) is 2.14. The van der Waals surface area contributed by atoms with E-state index in [0.717, 1.165) is 54.3 Å². The number of hydrogen-bond donors (Lipinski definition) is 1. The van der Waals surface area contributed by atoms with Crippen LogP contribution in [0.4, 0.5) is 11.6 Å². The zero-order chi connectivity index (χ0) is 17.5. The van der Waals surface area contributed by atoms with Crippen LogP contribution in [0.25, 0.3) is 11.0 Å². The molecule has 3 aromatic heterocycles. The van der Waals surface area contributed by atoms with Gasteiger partial charge >= 0.3 is 0 Å². The van der Waals surface area contributed by atoms with Gasteiger partial charge in [0.05, 0.1) is 5.39 Å². The van der Waals surface area contributed by atoms with E-state index in [1.54, 1.807) is 12.7 Å². The molecule has 0 radical (unpaired) electrons. The first-order valence-electron chi connectivity index (χ1n) is 9.39. The van der Waals surface area contributed by atoms with Gasteiger partial charge in [0, 0.05) is 43.1 Å². The van der Waals surface area contributed by atoms with Gasteiger partial charge in [-0.25, -0.2) is 19.9 Å². The van der Waals surface area contributed by atoms with Crippen molar-refractivity contribution < 1.29 is 0 Å². The average Bonchev–Trinajstić information content (AvgIpc) is 3.37. The summed E-state index contributed by atoms with van der Waals surface area (Å²) in [6.45, 7) is 4.06. The molecule has 1 saturated heterocycles. The lowest BCUT2D eigenvalue weighted by molar-refractivity contribution is 0.458. The van der Waals surface area contributed by atoms with Gasteiger partial charge in [-0.1, -0.05) is 0 Å². The summed E-state index contributed by atoms with van der Waals surface area (Å²) in [5, 5.41) is 1.11. The highest BCUT2D eigenvalue weighted by atomic mass is 15.3. The van der Waals surface area contributed by atoms with Gasteiger partial charge in [0.15, 0.2) is 0 Å². The monoisotopic (exact) mass is 349 g/mol. The number of fused-ring (bicyclic) bond motifs is 1. The second-order valence-electron chi connectivity index (χ2n) is 7.31. The Hall–Kier alpha value is -2.70. The Morgan fingerprint density at radius 3 is 2.54 bits per heavy atom. The fraction of sp³-hybridized carbons (Fsp3) is 0.474. The number of H-pyrrole nitrogens is 1. The number of piperidine rings is 1. The minimum absolute atomic E-state index is 0.539. The summed E-state index contributed by atoms with van der Waals surface area (Å²) in [5.41, 5.74) is 1.95. The molecule has 0 bridgehead atoms. The van der Waals surface area contributed by atoms with Gasteiger partial charge in [0.25, 0.3) is 0 Å². The van der Waals surface area contributed by atoms with Crippen LogP contribution < -0.4 is 9.80 Å². The quantitative estimate of drug-likeness (QED) is 0.781. The Morgan fingerprint density at radius 1 is 1.00 bits per heavy atom. The van der Waals surface area contributed by atoms with Gasteiger partial charge in [-0.05, 0) is 38.7 Å². The van der Waals surface area contributed by atoms with Crippen molar-refractivity contribution in [3.8, 4) is 0 Å². The molecule has 134 valence electrons. The van der Waals surface area contributed by atoms with Gasteiger partial charge in [-0.3, -0.25) is 0 Å². The first-order chi connectivity index (χ1) is 12.8. The molecule has 0 atom stereocenters. The first kappa shape index (κ1) is 15.5. The second-order valence-corrected chi connectivity index (χ2v) is 7.31. The van der Waals surface area contributed by atoms with E-state index in [4.69, 9.17) is 0 Å². The highest BCUT2D eigenvalue weighted by molar-refractivity contribution is 5.87. The maximum Gasteiger partial charge on any atom is 0.142 e. The van der Waals surface area contributed by atoms with Crippen molar-refractivity contribution in [3.05, 3.63) is 36.7 Å². The zero-order valence-electron chi connectivity index (χ0n) is 15.0. The largest absolute Gasteiger partial charge is 0.356 e. The Kier molecular flexibility index (Phi) is 3.72. The highest BCUT2D eigenvalue weighted by Gasteiger charge is 2.36. The average molecular weight is 349 g/mol. The van der Waals surface area contributed by atoms with Crippen LogP contribution in [0.15, 0.2) is 31.0 Å². The van der Waals surface area contributed by atoms with Gasteiger partial charge in [-0.2, -0.15) is 0 Å². The normalized spacial score (nSPS) is 18.4. The molecule has 0 aromatic carbocycles. The minimum Gasteiger partial charge on any atom is -0.356 e. The summed E-state index contributed by atoms with van der Waals surface area (Å²) in [6.07, 6.45) is 10.1. The third-order valence-corrected chi connectivity index (χ3v) is 5.48. The van der Waals surface area contributed by atoms with E-state index in [2.05, 4.69) is 46.9 Å². The number of nitrogens with one attached hydrogen (secondary N) is 1. The zero-order valence-corrected chi connectivity index (χ0v) is 15.0. The van der Waals surface area contributed by atoms with Crippen LogP contribution in [0.3, 0.4) is 0 Å². The molecule has 3 aromatic rings. The summed E-state index contributed by atoms with van der Waals surface area (Å²) in [7, 11) is 0. The van der Waals surface area contributed by atoms with E-state index in [1.807, 2.05) is 13.1 Å². The fourth-order valence-corrected chi connectivity index (χ4v) is 4.07. The summed E-state index contributed by atoms with van der Waals surface area (Å²) in [4.78, 5) is 25.8. The van der Waals surface area contributed by atoms with Crippen LogP contribution in [0.2, 0.25) is 0 Å². The lowest BCUT2D eigenvalue weighted by Crippen LogP contribution is -2.46. The van der Waals surface area contributed by atoms with Crippen molar-refractivity contribution in [2.24, 2.45) is 0 Å². The van der Waals surface area contributed by atoms with Crippen molar-refractivity contribution in [1.82, 2.24) is 24.9 Å². The Balaban J connectivity index is 1.35. The van der Waals surface area contributed by atoms with E-state index in [0.29, 0.717) is 12.1 Å². The molecule has 2 fully saturated rings. The maximum absolute atomic E-state index is 4.56. The fourth-order valence-electron chi connectivity index (χ4n) is 4.07. The third-order valence-electron chi connectivity index (χ3n) is 5.48. The number of rotatable bonds is 4. The number of aromatic nitrogens is 5. The maximum atomic E-state index is 4.56. The Morgan fingerprint density at radius 2 is 1.77 bits per heavy atom. The molecule has 1 N–H and O–H groups in total. The van der Waals surface area contributed by atoms with Crippen LogP contribution in [0.5, 0.6) is 0 Å². The highest BCUT2D eigenvalue weighted by Crippen LogP contribution is 2.36. The van der Waals surface area contributed by atoms with E-state index in [1.165, 1.54) is 12.8 Å². The number of hydrogen-bond acceptors (Lipinski definition) is 6. The number of anilines is 2. The minimum atomic E-state index is 0.539. The van der Waals surface area contributed by atoms with Crippen LogP contribution >= 0.6 is 0 Å². The lowest BCUT2D eigenvalue weighted by Gasteiger charge is -2.40. The number of aryl methyl sites for hydroxylation is 1. The Bertz CT molecular complexity index is 909. The van der Waals surface area contributed by atoms with Gasteiger partial charge < -0.3 is 14.8 Å². The van der Waals surface area contributed by atoms with Gasteiger partial charge in [0.1, 0.15) is 29.9 Å². The van der Waals surface area contributed by atoms with E-state index in [9.17, 15) is 0 Å². The van der Waals surface area contributed by atoms with Crippen LogP contribution in [-0.4, -0.2) is 50.1 Å². The standard InChI is InChI=1S/C19H23N7/c1-13-10-17(22-11-21-13)26(14-2-3-14)15-5-8-25(9-6-15)19-16-4-7-20-18(16)23-12-24-19/h4,7,10-12,14-15H,2-3,5-6,8-9H2,1H3,(H,20,23,24). The van der Waals surface area contributed by atoms with Crippen LogP contribution in [-0.2, 0) is 0 Å². The molecular formula is C19H23N7. The molecule has 1 aliphatic heterocycles. The molecule has 0 spiro atoms. The van der Waals surface area contributed by atoms with Crippen molar-refractivity contribution in [3.63, 3.8) is 0 Å². The summed E-state index contributed by atoms with van der Waals surface area (Å²) >= 11 is 0. The van der Waals surface area contributed by atoms with Gasteiger partial charge in [-0.15, -0.1) is 0 Å². The molecular weight excluding hydrogens is 326 g/mol. The topological polar surface area (TPSA) is 73.8 Å². The van der Waals surface area contributed by atoms with E-state index < -0.39 is 0 Å². The van der Waals surface area contributed by atoms with Crippen LogP contribution in [0.1, 0.15) is 31.4 Å². The van der Waals surface area contributed by atoms with Crippen molar-refractivity contribution in [1.29, 1.82) is 0 Å². The van der Waals surface area contributed by atoms with Crippen molar-refractivity contribution >= 4 is 22.7 Å². The number of nitrogens with zero attached hydrogens (tertiary/aromatic N) is 6. The molecule has 5 rings (SSSR count). The van der Waals surface area contributed by atoms with Crippen molar-refractivity contribution in [2.75, 3.05) is 22.9 Å². The SMILES string of the molecule is Cc1cc(N(C2CC2)C2CCN(c3ncnc4[nH]ccc34)CC2)ncn1. The molecule has 2 aliphatic rings. The third kappa shape index (κ3) is 2.77. The predicted octanol–water partition coefficient (Wildman–Crippen LogP) is 2.69. The van der Waals surface area contributed by atoms with Crippen LogP contribution in [0, 0.1) is 6.92 Å². The summed E-state index contributed by atoms with van der Waals surface area (Å²) in [6, 6.07) is 5.38. The molecule has 1 aliphatic carbocycles. The second kappa shape index (κ2) is 6.23. The molecule has 0 unspecified atom stereocenters. The molecule has 26 heavy (non-hydrogen) atoms. The molecule has 4 heterocycles. The van der Waals surface area contributed by atoms with Gasteiger partial charge in [0.2, 0.25) is 0 Å². The smallest absolute Gasteiger partial charge is 0.142 e. The van der Waals surface area contributed by atoms with E-state index in [-0.39, 0.29) is 0 Å². The molecule has 1 saturated carbocycles. The summed E-state index contributed by atoms with van der Waals surface area (Å²) < 4.78 is 0. The molecule has 7 nitrogen and oxygen atoms in total. The van der Waals surface area contributed by atoms with E-state index >= 15 is 0 Å². The lowest BCUT2D eigenvalue weighted by atomic mass is 10.0. The first-order valence-corrected chi connectivity index (χ1v) is 9.39. The predicted molar refractivity (Wildman–Crippen MR) is 101 cm³/mol. The molecule has 0 amide bonds.